The molecule has 0 radical (unpaired) electrons. The zero-order chi connectivity index (χ0) is 16.9. The number of fused-ring (bicyclic) bond motifs is 1. The number of nitrogens with one attached hydrogen (secondary N) is 2. The largest absolute Gasteiger partial charge is 0.489 e. The number of carbonyl (C=O) groups excluding carboxylic acids is 1. The summed E-state index contributed by atoms with van der Waals surface area (Å²) in [5.74, 6) is 0.633. The number of hydrogen-bond donors (Lipinski definition) is 3. The quantitative estimate of drug-likeness (QED) is 0.632. The topological polar surface area (TPSA) is 80.1 Å². The van der Waals surface area contributed by atoms with Crippen LogP contribution in [0.2, 0.25) is 0 Å². The highest BCUT2D eigenvalue weighted by Crippen LogP contribution is 2.27. The normalized spacial score (nSPS) is 10.3. The molecule has 4 N–H and O–H groups in total. The summed E-state index contributed by atoms with van der Waals surface area (Å²) in [5, 5.41) is 3.64. The van der Waals surface area contributed by atoms with E-state index >= 15 is 0 Å². The molecule has 25 heavy (non-hydrogen) atoms. The Kier molecular flexibility index (Phi) is 6.44. The van der Waals surface area contributed by atoms with Crippen LogP contribution in [0.25, 0.3) is 10.9 Å². The van der Waals surface area contributed by atoms with Crippen molar-refractivity contribution >= 4 is 29.2 Å². The molecule has 0 fully saturated rings. The first kappa shape index (κ1) is 18.8. The van der Waals surface area contributed by atoms with Gasteiger partial charge in [0.1, 0.15) is 18.1 Å². The van der Waals surface area contributed by atoms with E-state index in [-0.39, 0.29) is 18.3 Å². The molecule has 0 spiro atoms. The van der Waals surface area contributed by atoms with Crippen molar-refractivity contribution in [3.8, 4) is 5.75 Å². The molecule has 0 aliphatic carbocycles. The van der Waals surface area contributed by atoms with Gasteiger partial charge in [-0.2, -0.15) is 0 Å². The molecule has 0 saturated heterocycles. The summed E-state index contributed by atoms with van der Waals surface area (Å²) >= 11 is 0. The smallest absolute Gasteiger partial charge is 0.267 e. The molecule has 0 aliphatic rings. The van der Waals surface area contributed by atoms with E-state index in [9.17, 15) is 4.79 Å². The van der Waals surface area contributed by atoms with Gasteiger partial charge in [0, 0.05) is 18.0 Å². The third-order valence-corrected chi connectivity index (χ3v) is 3.97. The molecule has 132 valence electrons. The van der Waals surface area contributed by atoms with Gasteiger partial charge < -0.3 is 20.8 Å². The molecule has 5 nitrogen and oxygen atoms in total. The maximum Gasteiger partial charge on any atom is 0.267 e. The number of benzene rings is 2. The van der Waals surface area contributed by atoms with Gasteiger partial charge in [0.05, 0.1) is 0 Å². The van der Waals surface area contributed by atoms with Gasteiger partial charge in [0.15, 0.2) is 0 Å². The Morgan fingerprint density at radius 1 is 1.20 bits per heavy atom. The maximum absolute atomic E-state index is 12.1. The summed E-state index contributed by atoms with van der Waals surface area (Å²) in [5.41, 5.74) is 9.23. The fourth-order valence-corrected chi connectivity index (χ4v) is 2.78. The van der Waals surface area contributed by atoms with Crippen LogP contribution in [-0.4, -0.2) is 24.5 Å². The van der Waals surface area contributed by atoms with Gasteiger partial charge in [-0.25, -0.2) is 0 Å². The number of H-pyrrole nitrogens is 1. The zero-order valence-corrected chi connectivity index (χ0v) is 14.9. The molecule has 1 amide bonds. The fraction of sp³-hybridized carbons (Fsp3) is 0.211. The Morgan fingerprint density at radius 3 is 2.64 bits per heavy atom. The SMILES string of the molecule is CNC(=O)c1[nH]c2ccc(OCc3ccccc3)cc2c1CCN.Cl. The van der Waals surface area contributed by atoms with E-state index in [1.54, 1.807) is 7.05 Å². The molecule has 0 unspecified atom stereocenters. The molecule has 6 heteroatoms. The van der Waals surface area contributed by atoms with Gasteiger partial charge >= 0.3 is 0 Å². The molecule has 0 aliphatic heterocycles. The fourth-order valence-electron chi connectivity index (χ4n) is 2.78. The minimum absolute atomic E-state index is 0. The Bertz CT molecular complexity index is 847. The van der Waals surface area contributed by atoms with Crippen molar-refractivity contribution in [1.82, 2.24) is 10.3 Å². The van der Waals surface area contributed by atoms with Gasteiger partial charge in [-0.15, -0.1) is 12.4 Å². The highest BCUT2D eigenvalue weighted by Gasteiger charge is 2.16. The van der Waals surface area contributed by atoms with Crippen LogP contribution in [0.3, 0.4) is 0 Å². The van der Waals surface area contributed by atoms with Crippen molar-refractivity contribution in [2.45, 2.75) is 13.0 Å². The van der Waals surface area contributed by atoms with Crippen molar-refractivity contribution in [3.63, 3.8) is 0 Å². The van der Waals surface area contributed by atoms with Crippen molar-refractivity contribution in [2.75, 3.05) is 13.6 Å². The minimum atomic E-state index is -0.138. The summed E-state index contributed by atoms with van der Waals surface area (Å²) in [6, 6.07) is 15.8. The lowest BCUT2D eigenvalue weighted by atomic mass is 10.1. The average molecular weight is 360 g/mol. The van der Waals surface area contributed by atoms with Crippen molar-refractivity contribution in [3.05, 3.63) is 65.4 Å². The van der Waals surface area contributed by atoms with E-state index in [2.05, 4.69) is 10.3 Å². The number of hydrogen-bond acceptors (Lipinski definition) is 3. The monoisotopic (exact) mass is 359 g/mol. The molecule has 3 aromatic rings. The lowest BCUT2D eigenvalue weighted by Crippen LogP contribution is -2.20. The van der Waals surface area contributed by atoms with Crippen molar-refractivity contribution in [2.24, 2.45) is 5.73 Å². The summed E-state index contributed by atoms with van der Waals surface area (Å²) in [4.78, 5) is 15.2. The number of ether oxygens (including phenoxy) is 1. The third-order valence-electron chi connectivity index (χ3n) is 3.97. The minimum Gasteiger partial charge on any atom is -0.489 e. The Hall–Kier alpha value is -2.50. The van der Waals surface area contributed by atoms with Crippen molar-refractivity contribution in [1.29, 1.82) is 0 Å². The lowest BCUT2D eigenvalue weighted by molar-refractivity contribution is 0.0958. The number of aromatic amines is 1. The molecule has 0 bridgehead atoms. The number of carbonyl (C=O) groups is 1. The summed E-state index contributed by atoms with van der Waals surface area (Å²) in [7, 11) is 1.62. The van der Waals surface area contributed by atoms with E-state index in [1.165, 1.54) is 0 Å². The number of halogens is 1. The van der Waals surface area contributed by atoms with Gasteiger partial charge in [0.25, 0.3) is 5.91 Å². The Labute approximate surface area is 153 Å². The molecule has 0 atom stereocenters. The highest BCUT2D eigenvalue weighted by atomic mass is 35.5. The molecule has 3 rings (SSSR count). The van der Waals surface area contributed by atoms with Crippen LogP contribution in [0.1, 0.15) is 21.6 Å². The van der Waals surface area contributed by atoms with Crippen molar-refractivity contribution < 1.29 is 9.53 Å². The standard InChI is InChI=1S/C19H21N3O2.ClH/c1-21-19(23)18-15(9-10-20)16-11-14(7-8-17(16)22-18)24-12-13-5-3-2-4-6-13;/h2-8,11,22H,9-10,12,20H2,1H3,(H,21,23);1H. The summed E-state index contributed by atoms with van der Waals surface area (Å²) in [6.45, 7) is 0.983. The Morgan fingerprint density at radius 2 is 1.96 bits per heavy atom. The zero-order valence-electron chi connectivity index (χ0n) is 14.0. The molecular weight excluding hydrogens is 338 g/mol. The predicted molar refractivity (Wildman–Crippen MR) is 102 cm³/mol. The number of rotatable bonds is 6. The summed E-state index contributed by atoms with van der Waals surface area (Å²) < 4.78 is 5.88. The van der Waals surface area contributed by atoms with Gasteiger partial charge in [-0.1, -0.05) is 30.3 Å². The first-order valence-corrected chi connectivity index (χ1v) is 7.96. The van der Waals surface area contributed by atoms with Gasteiger partial charge in [-0.05, 0) is 42.3 Å². The van der Waals surface area contributed by atoms with Crippen LogP contribution in [-0.2, 0) is 13.0 Å². The van der Waals surface area contributed by atoms with Crippen LogP contribution >= 0.6 is 12.4 Å². The second-order valence-corrected chi connectivity index (χ2v) is 5.58. The third kappa shape index (κ3) is 4.13. The van der Waals surface area contributed by atoms with Crippen LogP contribution in [0, 0.1) is 0 Å². The predicted octanol–water partition coefficient (Wildman–Crippen LogP) is 3.03. The molecular formula is C19H22ClN3O2. The lowest BCUT2D eigenvalue weighted by Gasteiger charge is -2.07. The number of aromatic nitrogens is 1. The average Bonchev–Trinajstić information content (AvgIpc) is 2.98. The highest BCUT2D eigenvalue weighted by molar-refractivity contribution is 6.01. The van der Waals surface area contributed by atoms with E-state index < -0.39 is 0 Å². The Balaban J connectivity index is 0.00000225. The molecule has 1 aromatic heterocycles. The maximum atomic E-state index is 12.1. The van der Waals surface area contributed by atoms with Crippen LogP contribution in [0.15, 0.2) is 48.5 Å². The molecule has 0 saturated carbocycles. The molecule has 1 heterocycles. The van der Waals surface area contributed by atoms with E-state index in [0.29, 0.717) is 25.3 Å². The van der Waals surface area contributed by atoms with E-state index in [0.717, 1.165) is 27.8 Å². The van der Waals surface area contributed by atoms with E-state index in [4.69, 9.17) is 10.5 Å². The van der Waals surface area contributed by atoms with Crippen LogP contribution in [0.5, 0.6) is 5.75 Å². The van der Waals surface area contributed by atoms with Gasteiger partial charge in [-0.3, -0.25) is 4.79 Å². The molecule has 2 aromatic carbocycles. The second-order valence-electron chi connectivity index (χ2n) is 5.58. The second kappa shape index (κ2) is 8.55. The first-order valence-electron chi connectivity index (χ1n) is 7.96. The summed E-state index contributed by atoms with van der Waals surface area (Å²) in [6.07, 6.45) is 0.630. The van der Waals surface area contributed by atoms with Crippen LogP contribution < -0.4 is 15.8 Å². The van der Waals surface area contributed by atoms with E-state index in [1.807, 2.05) is 48.5 Å². The van der Waals surface area contributed by atoms with Gasteiger partial charge in [0.2, 0.25) is 0 Å². The first-order chi connectivity index (χ1) is 11.7. The van der Waals surface area contributed by atoms with Crippen LogP contribution in [0.4, 0.5) is 0 Å². The number of nitrogens with two attached hydrogens (primary N) is 1. The number of amides is 1.